The molecule has 1 saturated heterocycles. The maximum Gasteiger partial charge on any atom is 0.0897 e. The van der Waals surface area contributed by atoms with Gasteiger partial charge in [-0.3, -0.25) is 0 Å². The first kappa shape index (κ1) is 17.1. The van der Waals surface area contributed by atoms with Gasteiger partial charge in [0.15, 0.2) is 0 Å². The Morgan fingerprint density at radius 1 is 0.808 bits per heavy atom. The maximum absolute atomic E-state index is 7.34. The zero-order valence-corrected chi connectivity index (χ0v) is 16.2. The van der Waals surface area contributed by atoms with Crippen LogP contribution in [-0.4, -0.2) is 12.1 Å². The second-order valence-corrected chi connectivity index (χ2v) is 9.43. The number of hydrogen-bond donors (Lipinski definition) is 1. The van der Waals surface area contributed by atoms with Gasteiger partial charge in [-0.05, 0) is 56.4 Å². The van der Waals surface area contributed by atoms with Crippen molar-refractivity contribution in [2.24, 2.45) is 17.8 Å². The van der Waals surface area contributed by atoms with Crippen LogP contribution in [0.2, 0.25) is 0 Å². The molecule has 2 saturated carbocycles. The number of anilines is 1. The normalized spacial score (nSPS) is 32.3. The first-order valence-electron chi connectivity index (χ1n) is 11.4. The minimum absolute atomic E-state index is 0.173. The number of benzene rings is 1. The fraction of sp³-hybridized carbons (Fsp3) is 0.750. The predicted octanol–water partition coefficient (Wildman–Crippen LogP) is 6.48. The van der Waals surface area contributed by atoms with E-state index >= 15 is 0 Å². The lowest BCUT2D eigenvalue weighted by Gasteiger charge is -2.56. The van der Waals surface area contributed by atoms with Crippen molar-refractivity contribution < 1.29 is 4.74 Å². The van der Waals surface area contributed by atoms with E-state index in [1.54, 1.807) is 0 Å². The van der Waals surface area contributed by atoms with Crippen LogP contribution in [0, 0.1) is 17.8 Å². The number of rotatable bonds is 2. The van der Waals surface area contributed by atoms with Gasteiger partial charge in [-0.15, -0.1) is 0 Å². The summed E-state index contributed by atoms with van der Waals surface area (Å²) in [6.45, 7) is 1.09. The number of nitrogens with one attached hydrogen (secondary N) is 1. The van der Waals surface area contributed by atoms with Crippen molar-refractivity contribution >= 4 is 5.69 Å². The van der Waals surface area contributed by atoms with Crippen LogP contribution in [0.1, 0.15) is 88.7 Å². The largest absolute Gasteiger partial charge is 0.384 e. The molecule has 2 aliphatic heterocycles. The van der Waals surface area contributed by atoms with Gasteiger partial charge in [0.2, 0.25) is 0 Å². The summed E-state index contributed by atoms with van der Waals surface area (Å²) in [4.78, 5) is 0. The molecule has 5 rings (SSSR count). The van der Waals surface area contributed by atoms with Gasteiger partial charge in [0.1, 0.15) is 0 Å². The molecule has 0 spiro atoms. The van der Waals surface area contributed by atoms with Crippen LogP contribution in [0.5, 0.6) is 0 Å². The Balaban J connectivity index is 1.49. The zero-order valence-electron chi connectivity index (χ0n) is 16.2. The van der Waals surface area contributed by atoms with Gasteiger partial charge in [-0.1, -0.05) is 56.7 Å². The van der Waals surface area contributed by atoms with Crippen molar-refractivity contribution in [3.8, 4) is 0 Å². The summed E-state index contributed by atoms with van der Waals surface area (Å²) >= 11 is 0. The highest BCUT2D eigenvalue weighted by Crippen LogP contribution is 2.55. The molecule has 1 aromatic carbocycles. The van der Waals surface area contributed by atoms with E-state index < -0.39 is 0 Å². The summed E-state index contributed by atoms with van der Waals surface area (Å²) in [7, 11) is 0. The standard InChI is InChI=1S/C24H35NO/c1-3-9-19(10-4-1)24(20-11-5-2-6-12-20)16-15-18-17-25-22-14-8-7-13-21(22)23(18)26-24/h7-8,13-14,18-20,23,25H,1-6,9-12,15-17H2. The van der Waals surface area contributed by atoms with Gasteiger partial charge in [0, 0.05) is 23.7 Å². The van der Waals surface area contributed by atoms with E-state index in [0.717, 1.165) is 18.4 Å². The van der Waals surface area contributed by atoms with Gasteiger partial charge >= 0.3 is 0 Å². The summed E-state index contributed by atoms with van der Waals surface area (Å²) < 4.78 is 7.34. The third-order valence-corrected chi connectivity index (χ3v) is 8.09. The van der Waals surface area contributed by atoms with E-state index in [9.17, 15) is 0 Å². The van der Waals surface area contributed by atoms with Crippen LogP contribution in [0.15, 0.2) is 24.3 Å². The van der Waals surface area contributed by atoms with Crippen molar-refractivity contribution in [3.63, 3.8) is 0 Å². The average Bonchev–Trinajstić information content (AvgIpc) is 2.74. The highest BCUT2D eigenvalue weighted by molar-refractivity contribution is 5.54. The van der Waals surface area contributed by atoms with Crippen LogP contribution < -0.4 is 5.32 Å². The molecule has 0 bridgehead atoms. The minimum atomic E-state index is 0.173. The Morgan fingerprint density at radius 3 is 2.15 bits per heavy atom. The quantitative estimate of drug-likeness (QED) is 0.657. The van der Waals surface area contributed by atoms with Crippen molar-refractivity contribution in [2.75, 3.05) is 11.9 Å². The van der Waals surface area contributed by atoms with Crippen LogP contribution >= 0.6 is 0 Å². The Morgan fingerprint density at radius 2 is 1.46 bits per heavy atom. The number of hydrogen-bond acceptors (Lipinski definition) is 2. The van der Waals surface area contributed by atoms with E-state index in [1.165, 1.54) is 88.3 Å². The van der Waals surface area contributed by atoms with E-state index in [0.29, 0.717) is 12.0 Å². The lowest BCUT2D eigenvalue weighted by molar-refractivity contribution is -0.219. The lowest BCUT2D eigenvalue weighted by Crippen LogP contribution is -2.54. The molecule has 2 atom stereocenters. The van der Waals surface area contributed by atoms with Crippen molar-refractivity contribution in [3.05, 3.63) is 29.8 Å². The molecule has 1 aromatic rings. The smallest absolute Gasteiger partial charge is 0.0897 e. The summed E-state index contributed by atoms with van der Waals surface area (Å²) in [6, 6.07) is 8.91. The molecule has 0 amide bonds. The maximum atomic E-state index is 7.34. The van der Waals surface area contributed by atoms with E-state index in [4.69, 9.17) is 4.74 Å². The van der Waals surface area contributed by atoms with E-state index in [1.807, 2.05) is 0 Å². The molecule has 2 heteroatoms. The van der Waals surface area contributed by atoms with E-state index in [2.05, 4.69) is 29.6 Å². The SMILES string of the molecule is c1ccc2c(c1)NCC1CCC(C3CCCCC3)(C3CCCCC3)OC21. The predicted molar refractivity (Wildman–Crippen MR) is 107 cm³/mol. The van der Waals surface area contributed by atoms with Gasteiger partial charge in [-0.25, -0.2) is 0 Å². The third kappa shape index (κ3) is 2.89. The molecule has 0 aromatic heterocycles. The number of fused-ring (bicyclic) bond motifs is 3. The van der Waals surface area contributed by atoms with Gasteiger partial charge in [0.25, 0.3) is 0 Å². The minimum Gasteiger partial charge on any atom is -0.384 e. The summed E-state index contributed by atoms with van der Waals surface area (Å²) in [5.74, 6) is 2.27. The van der Waals surface area contributed by atoms with Crippen LogP contribution in [0.3, 0.4) is 0 Å². The Hall–Kier alpha value is -1.02. The molecular formula is C24H35NO. The molecule has 0 radical (unpaired) electrons. The molecule has 26 heavy (non-hydrogen) atoms. The van der Waals surface area contributed by atoms with Crippen molar-refractivity contribution in [1.82, 2.24) is 0 Å². The first-order chi connectivity index (χ1) is 12.9. The molecular weight excluding hydrogens is 318 g/mol. The number of para-hydroxylation sites is 1. The van der Waals surface area contributed by atoms with Gasteiger partial charge in [-0.2, -0.15) is 0 Å². The lowest BCUT2D eigenvalue weighted by atomic mass is 9.62. The van der Waals surface area contributed by atoms with E-state index in [-0.39, 0.29) is 5.60 Å². The third-order valence-electron chi connectivity index (χ3n) is 8.09. The first-order valence-corrected chi connectivity index (χ1v) is 11.4. The molecule has 4 aliphatic rings. The Bertz CT molecular complexity index is 596. The fourth-order valence-corrected chi connectivity index (χ4v) is 6.74. The molecule has 2 aliphatic carbocycles. The van der Waals surface area contributed by atoms with Crippen molar-refractivity contribution in [1.29, 1.82) is 0 Å². The average molecular weight is 354 g/mol. The van der Waals surface area contributed by atoms with Crippen LogP contribution in [0.4, 0.5) is 5.69 Å². The Kier molecular flexibility index (Phi) is 4.73. The zero-order chi connectivity index (χ0) is 17.4. The second kappa shape index (κ2) is 7.19. The van der Waals surface area contributed by atoms with Gasteiger partial charge in [0.05, 0.1) is 11.7 Å². The topological polar surface area (TPSA) is 21.3 Å². The highest BCUT2D eigenvalue weighted by atomic mass is 16.5. The highest BCUT2D eigenvalue weighted by Gasteiger charge is 2.52. The van der Waals surface area contributed by atoms with Gasteiger partial charge < -0.3 is 10.1 Å². The Labute approximate surface area is 159 Å². The van der Waals surface area contributed by atoms with Crippen LogP contribution in [-0.2, 0) is 4.74 Å². The van der Waals surface area contributed by atoms with Crippen LogP contribution in [0.25, 0.3) is 0 Å². The molecule has 1 N–H and O–H groups in total. The number of ether oxygens (including phenoxy) is 1. The monoisotopic (exact) mass is 353 g/mol. The molecule has 2 nitrogen and oxygen atoms in total. The van der Waals surface area contributed by atoms with Crippen molar-refractivity contribution in [2.45, 2.75) is 88.8 Å². The second-order valence-electron chi connectivity index (χ2n) is 9.43. The molecule has 2 heterocycles. The summed E-state index contributed by atoms with van der Waals surface area (Å²) in [6.07, 6.45) is 17.2. The fourth-order valence-electron chi connectivity index (χ4n) is 6.74. The molecule has 142 valence electrons. The summed E-state index contributed by atoms with van der Waals surface area (Å²) in [5, 5.41) is 3.67. The summed E-state index contributed by atoms with van der Waals surface area (Å²) in [5.41, 5.74) is 2.92. The molecule has 3 fully saturated rings. The molecule has 2 unspecified atom stereocenters.